The summed E-state index contributed by atoms with van der Waals surface area (Å²) in [5, 5.41) is 7.07. The Hall–Kier alpha value is -2.21. The SMILES string of the molecule is CNC(=O)c1ccn([C@@H]2CCCN([C@H]3CCCc4ccc(F)cc43)C2)n1. The van der Waals surface area contributed by atoms with Crippen LogP contribution in [0.3, 0.4) is 0 Å². The number of benzene rings is 1. The minimum Gasteiger partial charge on any atom is -0.354 e. The molecular weight excluding hydrogens is 331 g/mol. The number of carbonyl (C=O) groups is 1. The van der Waals surface area contributed by atoms with Gasteiger partial charge in [0.05, 0.1) is 6.04 Å². The van der Waals surface area contributed by atoms with Crippen LogP contribution >= 0.6 is 0 Å². The molecule has 1 aliphatic carbocycles. The number of piperidine rings is 1. The van der Waals surface area contributed by atoms with E-state index in [1.807, 2.05) is 16.9 Å². The van der Waals surface area contributed by atoms with Gasteiger partial charge in [0.1, 0.15) is 11.5 Å². The van der Waals surface area contributed by atoms with Gasteiger partial charge in [0.15, 0.2) is 0 Å². The Bertz CT molecular complexity index is 803. The van der Waals surface area contributed by atoms with E-state index >= 15 is 0 Å². The molecule has 0 bridgehead atoms. The van der Waals surface area contributed by atoms with E-state index in [0.29, 0.717) is 5.69 Å². The van der Waals surface area contributed by atoms with Crippen molar-refractivity contribution in [3.8, 4) is 0 Å². The summed E-state index contributed by atoms with van der Waals surface area (Å²) in [6.45, 7) is 1.91. The molecule has 6 heteroatoms. The van der Waals surface area contributed by atoms with Crippen LogP contribution in [0.4, 0.5) is 4.39 Å². The third kappa shape index (κ3) is 3.26. The van der Waals surface area contributed by atoms with Crippen molar-refractivity contribution in [2.24, 2.45) is 0 Å². The second-order valence-corrected chi connectivity index (χ2v) is 7.30. The number of amides is 1. The second kappa shape index (κ2) is 7.19. The molecule has 2 heterocycles. The predicted molar refractivity (Wildman–Crippen MR) is 97.5 cm³/mol. The number of nitrogens with one attached hydrogen (secondary N) is 1. The first kappa shape index (κ1) is 17.2. The number of rotatable bonds is 3. The van der Waals surface area contributed by atoms with Crippen LogP contribution in [-0.4, -0.2) is 40.7 Å². The third-order valence-electron chi connectivity index (χ3n) is 5.70. The highest BCUT2D eigenvalue weighted by atomic mass is 19.1. The Kier molecular flexibility index (Phi) is 4.76. The second-order valence-electron chi connectivity index (χ2n) is 7.30. The molecule has 0 radical (unpaired) electrons. The number of aryl methyl sites for hydroxylation is 1. The minimum absolute atomic E-state index is 0.147. The molecule has 138 valence electrons. The largest absolute Gasteiger partial charge is 0.354 e. The smallest absolute Gasteiger partial charge is 0.271 e. The van der Waals surface area contributed by atoms with Crippen molar-refractivity contribution < 1.29 is 9.18 Å². The van der Waals surface area contributed by atoms with Crippen LogP contribution in [-0.2, 0) is 6.42 Å². The molecule has 1 fully saturated rings. The summed E-state index contributed by atoms with van der Waals surface area (Å²) in [6.07, 6.45) is 7.29. The highest BCUT2D eigenvalue weighted by Crippen LogP contribution is 2.37. The van der Waals surface area contributed by atoms with E-state index in [9.17, 15) is 9.18 Å². The Balaban J connectivity index is 1.54. The third-order valence-corrected chi connectivity index (χ3v) is 5.70. The fourth-order valence-electron chi connectivity index (χ4n) is 4.40. The lowest BCUT2D eigenvalue weighted by Crippen LogP contribution is -2.40. The average molecular weight is 356 g/mol. The number of carbonyl (C=O) groups excluding carboxylic acids is 1. The van der Waals surface area contributed by atoms with E-state index in [-0.39, 0.29) is 23.8 Å². The van der Waals surface area contributed by atoms with E-state index in [4.69, 9.17) is 0 Å². The number of halogens is 1. The first-order valence-corrected chi connectivity index (χ1v) is 9.45. The van der Waals surface area contributed by atoms with Crippen LogP contribution in [0.1, 0.15) is 59.4 Å². The number of hydrogen-bond acceptors (Lipinski definition) is 3. The summed E-state index contributed by atoms with van der Waals surface area (Å²) in [5.41, 5.74) is 2.89. The first-order chi connectivity index (χ1) is 12.7. The van der Waals surface area contributed by atoms with E-state index in [1.54, 1.807) is 25.2 Å². The summed E-state index contributed by atoms with van der Waals surface area (Å²) in [7, 11) is 1.61. The van der Waals surface area contributed by atoms with Crippen LogP contribution < -0.4 is 5.32 Å². The Morgan fingerprint density at radius 1 is 1.27 bits per heavy atom. The molecule has 1 amide bonds. The topological polar surface area (TPSA) is 50.2 Å². The summed E-state index contributed by atoms with van der Waals surface area (Å²) >= 11 is 0. The van der Waals surface area contributed by atoms with Crippen molar-refractivity contribution in [3.63, 3.8) is 0 Å². The predicted octanol–water partition coefficient (Wildman–Crippen LogP) is 3.10. The molecule has 0 unspecified atom stereocenters. The van der Waals surface area contributed by atoms with Crippen molar-refractivity contribution in [1.29, 1.82) is 0 Å². The van der Waals surface area contributed by atoms with Crippen molar-refractivity contribution in [2.75, 3.05) is 20.1 Å². The monoisotopic (exact) mass is 356 g/mol. The molecule has 2 aliphatic rings. The summed E-state index contributed by atoms with van der Waals surface area (Å²) in [5.74, 6) is -0.306. The maximum atomic E-state index is 13.8. The Morgan fingerprint density at radius 3 is 3.00 bits per heavy atom. The highest BCUT2D eigenvalue weighted by molar-refractivity contribution is 5.91. The zero-order valence-corrected chi connectivity index (χ0v) is 15.1. The van der Waals surface area contributed by atoms with Gasteiger partial charge >= 0.3 is 0 Å². The zero-order valence-electron chi connectivity index (χ0n) is 15.1. The van der Waals surface area contributed by atoms with Gasteiger partial charge in [-0.1, -0.05) is 6.07 Å². The number of fused-ring (bicyclic) bond motifs is 1. The molecule has 1 saturated heterocycles. The van der Waals surface area contributed by atoms with Crippen LogP contribution in [0.25, 0.3) is 0 Å². The molecule has 1 aromatic carbocycles. The number of nitrogens with zero attached hydrogens (tertiary/aromatic N) is 3. The van der Waals surface area contributed by atoms with Gasteiger partial charge in [-0.2, -0.15) is 5.10 Å². The number of likely N-dealkylation sites (tertiary alicyclic amines) is 1. The molecule has 5 nitrogen and oxygen atoms in total. The van der Waals surface area contributed by atoms with Crippen LogP contribution in [0.15, 0.2) is 30.5 Å². The van der Waals surface area contributed by atoms with Gasteiger partial charge in [0, 0.05) is 25.8 Å². The van der Waals surface area contributed by atoms with Gasteiger partial charge in [0.25, 0.3) is 5.91 Å². The van der Waals surface area contributed by atoms with E-state index in [2.05, 4.69) is 15.3 Å². The highest BCUT2D eigenvalue weighted by Gasteiger charge is 2.31. The first-order valence-electron chi connectivity index (χ1n) is 9.45. The lowest BCUT2D eigenvalue weighted by atomic mass is 9.85. The van der Waals surface area contributed by atoms with Gasteiger partial charge in [-0.25, -0.2) is 4.39 Å². The fraction of sp³-hybridized carbons (Fsp3) is 0.500. The van der Waals surface area contributed by atoms with E-state index in [1.165, 1.54) is 5.56 Å². The molecule has 2 aromatic rings. The molecule has 26 heavy (non-hydrogen) atoms. The minimum atomic E-state index is -0.159. The molecule has 2 atom stereocenters. The lowest BCUT2D eigenvalue weighted by molar-refractivity contribution is 0.0951. The number of hydrogen-bond donors (Lipinski definition) is 1. The molecule has 0 spiro atoms. The maximum absolute atomic E-state index is 13.8. The van der Waals surface area contributed by atoms with E-state index < -0.39 is 0 Å². The molecule has 1 N–H and O–H groups in total. The summed E-state index contributed by atoms with van der Waals surface area (Å²) in [6, 6.07) is 7.54. The zero-order chi connectivity index (χ0) is 18.1. The average Bonchev–Trinajstić information content (AvgIpc) is 3.17. The molecule has 0 saturated carbocycles. The van der Waals surface area contributed by atoms with Crippen molar-refractivity contribution in [3.05, 3.63) is 53.1 Å². The van der Waals surface area contributed by atoms with Crippen molar-refractivity contribution in [1.82, 2.24) is 20.0 Å². The normalized spacial score (nSPS) is 23.5. The van der Waals surface area contributed by atoms with Crippen LogP contribution in [0.2, 0.25) is 0 Å². The van der Waals surface area contributed by atoms with Gasteiger partial charge < -0.3 is 5.32 Å². The molecule has 1 aliphatic heterocycles. The standard InChI is InChI=1S/C20H25FN4O/c1-22-20(26)18-9-11-25(23-18)16-5-3-10-24(13-16)19-6-2-4-14-7-8-15(21)12-17(14)19/h7-9,11-12,16,19H,2-6,10,13H2,1H3,(H,22,26)/t16-,19+/m1/s1. The van der Waals surface area contributed by atoms with Crippen molar-refractivity contribution in [2.45, 2.75) is 44.2 Å². The lowest BCUT2D eigenvalue weighted by Gasteiger charge is -2.41. The summed E-state index contributed by atoms with van der Waals surface area (Å²) < 4.78 is 15.7. The quantitative estimate of drug-likeness (QED) is 0.919. The van der Waals surface area contributed by atoms with Crippen LogP contribution in [0.5, 0.6) is 0 Å². The van der Waals surface area contributed by atoms with Gasteiger partial charge in [-0.3, -0.25) is 14.4 Å². The van der Waals surface area contributed by atoms with Crippen molar-refractivity contribution >= 4 is 5.91 Å². The number of aromatic nitrogens is 2. The van der Waals surface area contributed by atoms with Gasteiger partial charge in [-0.15, -0.1) is 0 Å². The fourth-order valence-corrected chi connectivity index (χ4v) is 4.40. The Morgan fingerprint density at radius 2 is 2.15 bits per heavy atom. The van der Waals surface area contributed by atoms with E-state index in [0.717, 1.165) is 50.8 Å². The maximum Gasteiger partial charge on any atom is 0.271 e. The molecule has 1 aromatic heterocycles. The Labute approximate surface area is 153 Å². The summed E-state index contributed by atoms with van der Waals surface area (Å²) in [4.78, 5) is 14.2. The van der Waals surface area contributed by atoms with Crippen LogP contribution in [0, 0.1) is 5.82 Å². The molecular formula is C20H25FN4O. The molecule has 4 rings (SSSR count). The van der Waals surface area contributed by atoms with Gasteiger partial charge in [0.2, 0.25) is 0 Å². The van der Waals surface area contributed by atoms with Gasteiger partial charge in [-0.05, 0) is 68.0 Å².